The summed E-state index contributed by atoms with van der Waals surface area (Å²) in [5.41, 5.74) is 3.16. The van der Waals surface area contributed by atoms with E-state index < -0.39 is 0 Å². The summed E-state index contributed by atoms with van der Waals surface area (Å²) in [5, 5.41) is 17.2. The number of piperidine rings is 3. The number of aliphatic hydroxyl groups is 1. The molecule has 1 aromatic rings. The van der Waals surface area contributed by atoms with Crippen LogP contribution in [0, 0.1) is 25.7 Å². The van der Waals surface area contributed by atoms with Crippen molar-refractivity contribution in [1.82, 2.24) is 20.0 Å². The van der Waals surface area contributed by atoms with Crippen LogP contribution in [0.5, 0.6) is 0 Å². The van der Waals surface area contributed by atoms with Crippen molar-refractivity contribution in [3.8, 4) is 0 Å². The third-order valence-electron chi connectivity index (χ3n) is 6.97. The predicted molar refractivity (Wildman–Crippen MR) is 99.9 cm³/mol. The number of likely N-dealkylation sites (tertiary alicyclic amines) is 1. The Morgan fingerprint density at radius 2 is 2.07 bits per heavy atom. The fourth-order valence-electron chi connectivity index (χ4n) is 5.38. The Kier molecular flexibility index (Phi) is 4.97. The van der Waals surface area contributed by atoms with E-state index in [1.165, 1.54) is 0 Å². The Morgan fingerprint density at radius 3 is 2.78 bits per heavy atom. The number of aliphatic hydroxyl groups excluding tert-OH is 1. The molecule has 0 aliphatic carbocycles. The molecule has 0 spiro atoms. The Labute approximate surface area is 160 Å². The van der Waals surface area contributed by atoms with Gasteiger partial charge in [0.05, 0.1) is 18.3 Å². The highest BCUT2D eigenvalue weighted by Gasteiger charge is 2.49. The van der Waals surface area contributed by atoms with Gasteiger partial charge < -0.3 is 14.9 Å². The molecule has 0 unspecified atom stereocenters. The molecule has 0 radical (unpaired) electrons. The zero-order valence-electron chi connectivity index (χ0n) is 16.3. The molecule has 0 saturated carbocycles. The molecular formula is C20H30N4O3. The number of hydrogen-bond acceptors (Lipinski definition) is 4. The summed E-state index contributed by atoms with van der Waals surface area (Å²) in [6, 6.07) is 0.0531. The molecule has 3 aliphatic heterocycles. The van der Waals surface area contributed by atoms with E-state index >= 15 is 0 Å². The second-order valence-corrected chi connectivity index (χ2v) is 8.49. The number of H-pyrrole nitrogens is 1. The number of fused-ring (bicyclic) bond motifs is 4. The zero-order chi connectivity index (χ0) is 19.1. The number of nitrogens with one attached hydrogen (secondary N) is 1. The number of nitrogens with zero attached hydrogens (tertiary/aromatic N) is 3. The third-order valence-corrected chi connectivity index (χ3v) is 6.97. The minimum atomic E-state index is -0.133. The van der Waals surface area contributed by atoms with Gasteiger partial charge in [0, 0.05) is 44.1 Å². The number of aryl methyl sites for hydroxylation is 2. The first kappa shape index (κ1) is 18.5. The van der Waals surface area contributed by atoms with Crippen LogP contribution in [0.15, 0.2) is 0 Å². The summed E-state index contributed by atoms with van der Waals surface area (Å²) in [5.74, 6) is 0.876. The van der Waals surface area contributed by atoms with E-state index in [2.05, 4.69) is 10.2 Å². The van der Waals surface area contributed by atoms with Crippen molar-refractivity contribution in [3.05, 3.63) is 17.0 Å². The first-order valence-corrected chi connectivity index (χ1v) is 10.2. The van der Waals surface area contributed by atoms with Crippen molar-refractivity contribution in [2.45, 2.75) is 64.5 Å². The van der Waals surface area contributed by atoms with Gasteiger partial charge in [-0.1, -0.05) is 0 Å². The lowest BCUT2D eigenvalue weighted by Crippen LogP contribution is -2.66. The van der Waals surface area contributed by atoms with Crippen LogP contribution in [-0.4, -0.2) is 68.7 Å². The number of aromatic amines is 1. The highest BCUT2D eigenvalue weighted by molar-refractivity contribution is 5.79. The molecule has 3 saturated heterocycles. The van der Waals surface area contributed by atoms with Gasteiger partial charge in [0.2, 0.25) is 11.8 Å². The molecule has 3 fully saturated rings. The van der Waals surface area contributed by atoms with Crippen LogP contribution in [0.2, 0.25) is 0 Å². The maximum absolute atomic E-state index is 12.9. The van der Waals surface area contributed by atoms with Crippen molar-refractivity contribution in [2.24, 2.45) is 11.8 Å². The molecule has 7 nitrogen and oxygen atoms in total. The van der Waals surface area contributed by atoms with Gasteiger partial charge in [0.25, 0.3) is 0 Å². The van der Waals surface area contributed by atoms with Crippen molar-refractivity contribution in [2.75, 3.05) is 19.7 Å². The average molecular weight is 374 g/mol. The third kappa shape index (κ3) is 3.26. The van der Waals surface area contributed by atoms with E-state index in [9.17, 15) is 14.7 Å². The average Bonchev–Trinajstić information content (AvgIpc) is 2.99. The van der Waals surface area contributed by atoms with Gasteiger partial charge in [0.1, 0.15) is 0 Å². The highest BCUT2D eigenvalue weighted by atomic mass is 16.3. The molecule has 3 aliphatic rings. The second-order valence-electron chi connectivity index (χ2n) is 8.49. The molecule has 2 bridgehead atoms. The lowest BCUT2D eigenvalue weighted by molar-refractivity contribution is -0.158. The Bertz CT molecular complexity index is 717. The largest absolute Gasteiger partial charge is 0.394 e. The van der Waals surface area contributed by atoms with E-state index in [4.69, 9.17) is 0 Å². The van der Waals surface area contributed by atoms with E-state index in [0.29, 0.717) is 31.7 Å². The lowest BCUT2D eigenvalue weighted by Gasteiger charge is -2.56. The predicted octanol–water partition coefficient (Wildman–Crippen LogP) is 1.18. The molecule has 4 atom stereocenters. The molecule has 2 N–H and O–H groups in total. The molecule has 148 valence electrons. The summed E-state index contributed by atoms with van der Waals surface area (Å²) in [6.45, 7) is 5.40. The van der Waals surface area contributed by atoms with Crippen LogP contribution < -0.4 is 0 Å². The summed E-state index contributed by atoms with van der Waals surface area (Å²) in [6.07, 6.45) is 4.64. The highest BCUT2D eigenvalue weighted by Crippen LogP contribution is 2.41. The maximum atomic E-state index is 12.9. The van der Waals surface area contributed by atoms with E-state index in [0.717, 1.165) is 42.8 Å². The number of amides is 2. The Hall–Kier alpha value is -1.89. The monoisotopic (exact) mass is 374 g/mol. The SMILES string of the molecule is Cc1[nH]nc(CCC(=O)N2C[C@H]3C[C@@H](C2)[C@H](CO)N2C(=O)CCC[C@@H]32)c1C. The van der Waals surface area contributed by atoms with Crippen LogP contribution in [-0.2, 0) is 16.0 Å². The molecule has 4 heterocycles. The van der Waals surface area contributed by atoms with Crippen molar-refractivity contribution < 1.29 is 14.7 Å². The van der Waals surface area contributed by atoms with Crippen LogP contribution in [0.1, 0.15) is 49.1 Å². The number of aromatic nitrogens is 2. The van der Waals surface area contributed by atoms with Crippen molar-refractivity contribution in [3.63, 3.8) is 0 Å². The first-order chi connectivity index (χ1) is 13.0. The van der Waals surface area contributed by atoms with Gasteiger partial charge in [-0.3, -0.25) is 14.7 Å². The van der Waals surface area contributed by atoms with E-state index in [1.807, 2.05) is 23.6 Å². The minimum absolute atomic E-state index is 0.00655. The topological polar surface area (TPSA) is 89.5 Å². The number of rotatable bonds is 4. The normalized spacial score (nSPS) is 30.4. The number of hydrogen-bond donors (Lipinski definition) is 2. The second kappa shape index (κ2) is 7.26. The standard InChI is InChI=1S/C20H30N4O3/c1-12-13(2)21-22-16(12)6-7-19(26)23-9-14-8-15(10-23)18(11-25)24-17(14)4-3-5-20(24)27/h14-15,17-18,25H,3-11H2,1-2H3,(H,21,22)/t14-,15+,17+,18+/m1/s1. The summed E-state index contributed by atoms with van der Waals surface area (Å²) < 4.78 is 0. The van der Waals surface area contributed by atoms with Crippen LogP contribution in [0.4, 0.5) is 0 Å². The van der Waals surface area contributed by atoms with Crippen LogP contribution >= 0.6 is 0 Å². The fourth-order valence-corrected chi connectivity index (χ4v) is 5.38. The number of carbonyl (C=O) groups excluding carboxylic acids is 2. The van der Waals surface area contributed by atoms with Crippen LogP contribution in [0.3, 0.4) is 0 Å². The quantitative estimate of drug-likeness (QED) is 0.828. The molecule has 2 amide bonds. The van der Waals surface area contributed by atoms with Gasteiger partial charge in [-0.25, -0.2) is 0 Å². The van der Waals surface area contributed by atoms with Crippen molar-refractivity contribution in [1.29, 1.82) is 0 Å². The molecule has 1 aromatic heterocycles. The lowest BCUT2D eigenvalue weighted by atomic mass is 9.72. The molecule has 27 heavy (non-hydrogen) atoms. The zero-order valence-corrected chi connectivity index (χ0v) is 16.3. The minimum Gasteiger partial charge on any atom is -0.394 e. The summed E-state index contributed by atoms with van der Waals surface area (Å²) >= 11 is 0. The van der Waals surface area contributed by atoms with Crippen molar-refractivity contribution >= 4 is 11.8 Å². The summed E-state index contributed by atoms with van der Waals surface area (Å²) in [7, 11) is 0. The Morgan fingerprint density at radius 1 is 1.30 bits per heavy atom. The molecule has 0 aromatic carbocycles. The molecule has 4 rings (SSSR count). The van der Waals surface area contributed by atoms with Crippen LogP contribution in [0.25, 0.3) is 0 Å². The smallest absolute Gasteiger partial charge is 0.223 e. The number of carbonyl (C=O) groups is 2. The molecule has 7 heteroatoms. The molecular weight excluding hydrogens is 344 g/mol. The Balaban J connectivity index is 1.44. The summed E-state index contributed by atoms with van der Waals surface area (Å²) in [4.78, 5) is 29.3. The van der Waals surface area contributed by atoms with Gasteiger partial charge in [-0.2, -0.15) is 5.10 Å². The first-order valence-electron chi connectivity index (χ1n) is 10.2. The fraction of sp³-hybridized carbons (Fsp3) is 0.750. The van der Waals surface area contributed by atoms with Gasteiger partial charge in [-0.05, 0) is 50.5 Å². The van der Waals surface area contributed by atoms with Gasteiger partial charge in [0.15, 0.2) is 0 Å². The van der Waals surface area contributed by atoms with Gasteiger partial charge >= 0.3 is 0 Å². The van der Waals surface area contributed by atoms with Gasteiger partial charge in [-0.15, -0.1) is 0 Å². The van der Waals surface area contributed by atoms with E-state index in [1.54, 1.807) is 0 Å². The maximum Gasteiger partial charge on any atom is 0.223 e. The van der Waals surface area contributed by atoms with E-state index in [-0.39, 0.29) is 36.4 Å².